The van der Waals surface area contributed by atoms with Gasteiger partial charge in [-0.15, -0.1) is 0 Å². The molecule has 15 amide bonds. The van der Waals surface area contributed by atoms with E-state index in [1.165, 1.54) is 29.4 Å². The highest BCUT2D eigenvalue weighted by Crippen LogP contribution is 2.31. The Kier molecular flexibility index (Phi) is 48.1. The van der Waals surface area contributed by atoms with E-state index >= 15 is 43.2 Å². The molecule has 6 saturated heterocycles. The molecule has 7 heterocycles. The molecule has 0 unspecified atom stereocenters. The van der Waals surface area contributed by atoms with Crippen LogP contribution in [0.1, 0.15) is 213 Å². The molecule has 150 heavy (non-hydrogen) atoms. The molecule has 17 atom stereocenters. The number of fused-ring (bicyclic) bond motifs is 1. The fraction of sp³-hybridized carbons (Fsp3) is 0.674. The van der Waals surface area contributed by atoms with Gasteiger partial charge in [0, 0.05) is 109 Å². The topological polar surface area (TPSA) is 896 Å². The number of nitrogens with zero attached hydrogens (tertiary/aromatic N) is 6. The highest BCUT2D eigenvalue weighted by Gasteiger charge is 2.50. The molecule has 0 aliphatic carbocycles. The number of nitrogens with two attached hydrogens (primary N) is 8. The van der Waals surface area contributed by atoms with Gasteiger partial charge in [-0.05, 0) is 197 Å². The first-order valence-corrected chi connectivity index (χ1v) is 52.0. The van der Waals surface area contributed by atoms with Crippen LogP contribution in [0, 0.1) is 49.7 Å². The van der Waals surface area contributed by atoms with Crippen molar-refractivity contribution in [3.63, 3.8) is 0 Å². The number of benzene rings is 1. The summed E-state index contributed by atoms with van der Waals surface area (Å²) in [5.74, 6) is -15.5. The van der Waals surface area contributed by atoms with Gasteiger partial charge in [0.15, 0.2) is 41.7 Å². The van der Waals surface area contributed by atoms with Crippen LogP contribution >= 0.6 is 0 Å². The summed E-state index contributed by atoms with van der Waals surface area (Å²) >= 11 is 0. The third-order valence-corrected chi connectivity index (χ3v) is 27.8. The van der Waals surface area contributed by atoms with E-state index in [1.54, 1.807) is 40.0 Å². The van der Waals surface area contributed by atoms with E-state index in [4.69, 9.17) is 83.7 Å². The molecule has 0 spiro atoms. The Morgan fingerprint density at radius 3 is 0.987 bits per heavy atom. The summed E-state index contributed by atoms with van der Waals surface area (Å²) in [4.78, 5) is 247. The SMILES string of the molecule is CC[C@H](C)[C@H](NC(=O)[C@H](CCCNC(=N)N)NC(=O)[C@@H](N)CCCNC(=N)N)C(=O)N[C@@H](CCCNC(=N)N)C(=O)N1CCC[C@H]1C(=O)N[C@@H](CCCNC(=N)N)C(=O)N1CCC[C@H]1C(=O)N1CCC[C@H]1C(=O)N[C@@H](CCCNC(=N)N)C(=O)N[C@@H](CC(C)C)C(=O)N1CCC[C@H]1C(=O)N[C@@H](CCCNC(=N)N)C(=O)N1CCC[C@H]1C(=O)N[C@@H](CCCNC(=N)N)C(=O)N1CCC[C@H]1C(=O)N[C@@H](Cc1c[nH]c2ccccc12)C(=O)O. The van der Waals surface area contributed by atoms with Gasteiger partial charge in [0.1, 0.15) is 90.6 Å². The quantitative estimate of drug-likeness (QED) is 0.0166. The molecule has 6 aliphatic heterocycles. The summed E-state index contributed by atoms with van der Waals surface area (Å²) in [6.45, 7) is 8.01. The number of aromatic nitrogens is 1. The minimum Gasteiger partial charge on any atom is -0.480 e. The Morgan fingerprint density at radius 2 is 0.633 bits per heavy atom. The molecular weight excluding hydrogens is 1950 g/mol. The maximum absolute atomic E-state index is 15.4. The Morgan fingerprint density at radius 1 is 0.353 bits per heavy atom. The first-order valence-electron chi connectivity index (χ1n) is 52.0. The van der Waals surface area contributed by atoms with Crippen molar-refractivity contribution in [2.75, 3.05) is 85.1 Å². The highest BCUT2D eigenvalue weighted by molar-refractivity contribution is 6.02. The number of carbonyl (C=O) groups excluding carboxylic acids is 15. The van der Waals surface area contributed by atoms with Gasteiger partial charge in [0.25, 0.3) is 0 Å². The molecule has 8 rings (SSSR count). The number of rotatable bonds is 59. The van der Waals surface area contributed by atoms with Gasteiger partial charge in [0.2, 0.25) is 88.6 Å². The van der Waals surface area contributed by atoms with Crippen molar-refractivity contribution in [1.82, 2.24) is 119 Å². The van der Waals surface area contributed by atoms with E-state index in [-0.39, 0.29) is 274 Å². The summed E-state index contributed by atoms with van der Waals surface area (Å²) in [7, 11) is 0. The number of H-pyrrole nitrogens is 1. The average Bonchev–Trinajstić information content (AvgIpc) is 1.66. The first-order chi connectivity index (χ1) is 71.4. The predicted octanol–water partition coefficient (Wildman–Crippen LogP) is -6.63. The molecule has 6 fully saturated rings. The minimum atomic E-state index is -1.42. The number of para-hydroxylation sites is 1. The van der Waals surface area contributed by atoms with Crippen LogP contribution in [0.25, 0.3) is 10.9 Å². The fourth-order valence-corrected chi connectivity index (χ4v) is 19.9. The van der Waals surface area contributed by atoms with Gasteiger partial charge in [0.05, 0.1) is 6.04 Å². The predicted molar refractivity (Wildman–Crippen MR) is 556 cm³/mol. The summed E-state index contributed by atoms with van der Waals surface area (Å²) in [6, 6.07) is -13.2. The zero-order valence-electron chi connectivity index (χ0n) is 86.3. The maximum Gasteiger partial charge on any atom is 0.326 e. The number of amides is 15. The highest BCUT2D eigenvalue weighted by atomic mass is 16.4. The second-order valence-electron chi connectivity index (χ2n) is 39.5. The van der Waals surface area contributed by atoms with E-state index in [9.17, 15) is 38.7 Å². The molecule has 55 nitrogen and oxygen atoms in total. The third kappa shape index (κ3) is 36.6. The van der Waals surface area contributed by atoms with E-state index in [0.29, 0.717) is 50.5 Å². The number of hydrogen-bond acceptors (Lipinski definition) is 24. The van der Waals surface area contributed by atoms with Crippen molar-refractivity contribution >= 4 is 147 Å². The van der Waals surface area contributed by atoms with Crippen LogP contribution in [-0.4, -0.2) is 358 Å². The van der Waals surface area contributed by atoms with Crippen molar-refractivity contribution in [2.45, 2.75) is 311 Å². The number of guanidine groups is 7. The lowest BCUT2D eigenvalue weighted by atomic mass is 9.96. The van der Waals surface area contributed by atoms with Gasteiger partial charge >= 0.3 is 5.97 Å². The lowest BCUT2D eigenvalue weighted by Crippen LogP contribution is -2.61. The number of carboxylic acid groups (broad SMARTS) is 1. The van der Waals surface area contributed by atoms with Crippen molar-refractivity contribution in [3.8, 4) is 0 Å². The molecule has 1 aromatic carbocycles. The number of nitrogens with one attached hydrogen (secondary N) is 24. The Labute approximate surface area is 871 Å². The molecule has 1 aromatic heterocycles. The summed E-state index contributed by atoms with van der Waals surface area (Å²) in [6.07, 6.45) is 5.50. The van der Waals surface area contributed by atoms with E-state index in [1.807, 2.05) is 18.2 Å². The molecule has 832 valence electrons. The van der Waals surface area contributed by atoms with Crippen LogP contribution in [0.2, 0.25) is 0 Å². The first kappa shape index (κ1) is 120. The third-order valence-electron chi connectivity index (χ3n) is 27.8. The second-order valence-corrected chi connectivity index (χ2v) is 39.5. The molecule has 0 saturated carbocycles. The zero-order valence-corrected chi connectivity index (χ0v) is 86.3. The fourth-order valence-electron chi connectivity index (χ4n) is 19.9. The number of hydrogen-bond donors (Lipinski definition) is 33. The molecular formula is C95H160N38O17. The largest absolute Gasteiger partial charge is 0.480 e. The van der Waals surface area contributed by atoms with Crippen LogP contribution in [0.5, 0.6) is 0 Å². The molecule has 0 radical (unpaired) electrons. The van der Waals surface area contributed by atoms with Gasteiger partial charge < -0.3 is 170 Å². The van der Waals surface area contributed by atoms with Crippen LogP contribution in [0.3, 0.4) is 0 Å². The van der Waals surface area contributed by atoms with Gasteiger partial charge in [-0.2, -0.15) is 0 Å². The molecule has 55 heteroatoms. The smallest absolute Gasteiger partial charge is 0.326 e. The average molecular weight is 2110 g/mol. The number of carbonyl (C=O) groups is 16. The molecule has 6 aliphatic rings. The van der Waals surface area contributed by atoms with Gasteiger partial charge in [-0.3, -0.25) is 110 Å². The number of aliphatic carboxylic acids is 1. The molecule has 0 bridgehead atoms. The van der Waals surface area contributed by atoms with Crippen molar-refractivity contribution in [2.24, 2.45) is 57.7 Å². The standard InChI is InChI=1S/C95H160N38O17/c1-5-53(4)72(127-75(136)59(25-10-38-113-91(101)102)119-73(134)56(96)22-8-36-111-89(97)98)81(142)124-63(29-14-42-117-95(109)110)84(145)129-44-16-31-67(129)78(139)123-62(28-13-41-116-94(107)108)85(146)133-48-20-35-71(133)87(148)132-47-19-34-70(132)76(137)120-58(24-9-37-112-90(99)100)74(135)125-64(49-52(2)3)86(147)131-46-18-32-68(131)79(140)122-60(26-11-39-114-92(103)104)82(143)128-43-15-30-66(128)77(138)121-61(27-12-40-115-93(105)106)83(144)130-45-17-33-69(130)80(141)126-65(88(149)150)50-54-51-118-57-23-7-6-21-55(54)57/h6-7,21,23,51-53,56,58-72,118H,5,8-20,22,24-50,96H2,1-4H3,(H,119,134)(H,120,137)(H,121,138)(H,122,140)(H,123,139)(H,124,142)(H,125,135)(H,126,141)(H,127,136)(H,149,150)(H4,97,98,111)(H4,99,100,112)(H4,101,102,113)(H4,103,104,114)(H4,105,106,115)(H4,107,108,116)(H4,109,110,117)/t53-,56-,58-,59-,60-,61-,62-,63-,64-,65-,66-,67-,68-,69-,70-,71-,72-/m0/s1. The minimum absolute atomic E-state index is 0.00578. The van der Waals surface area contributed by atoms with Gasteiger partial charge in [-0.1, -0.05) is 52.3 Å². The normalized spacial score (nSPS) is 19.5. The maximum atomic E-state index is 15.4. The number of likely N-dealkylation sites (tertiary alicyclic amines) is 6. The van der Waals surface area contributed by atoms with Crippen molar-refractivity contribution in [1.29, 1.82) is 37.9 Å². The van der Waals surface area contributed by atoms with Crippen LogP contribution < -0.4 is 131 Å². The van der Waals surface area contributed by atoms with E-state index in [0.717, 1.165) is 10.9 Å². The van der Waals surface area contributed by atoms with Crippen LogP contribution in [0.4, 0.5) is 0 Å². The number of carboxylic acids is 1. The number of aromatic amines is 1. The van der Waals surface area contributed by atoms with Crippen LogP contribution in [0.15, 0.2) is 30.5 Å². The molecule has 2 aromatic rings. The lowest BCUT2D eigenvalue weighted by Gasteiger charge is -2.34. The molecule has 41 N–H and O–H groups in total. The van der Waals surface area contributed by atoms with Crippen LogP contribution in [-0.2, 0) is 83.1 Å². The van der Waals surface area contributed by atoms with Crippen molar-refractivity contribution < 1.29 is 81.8 Å². The zero-order chi connectivity index (χ0) is 110. The Bertz CT molecular complexity index is 5080. The van der Waals surface area contributed by atoms with E-state index in [2.05, 4.69) is 90.1 Å². The summed E-state index contributed by atoms with van der Waals surface area (Å²) < 4.78 is 0. The summed E-state index contributed by atoms with van der Waals surface area (Å²) in [5, 5.41) is 109. The van der Waals surface area contributed by atoms with E-state index < -0.39 is 197 Å². The Balaban J connectivity index is 0.954. The second kappa shape index (κ2) is 60.0. The van der Waals surface area contributed by atoms with Crippen molar-refractivity contribution in [3.05, 3.63) is 36.0 Å². The Hall–Kier alpha value is -14.9. The van der Waals surface area contributed by atoms with Gasteiger partial charge in [-0.25, -0.2) is 4.79 Å². The lowest BCUT2D eigenvalue weighted by molar-refractivity contribution is -0.148. The monoisotopic (exact) mass is 2110 g/mol. The summed E-state index contributed by atoms with van der Waals surface area (Å²) in [5.41, 5.74) is 46.7.